The third-order valence-electron chi connectivity index (χ3n) is 4.78. The normalized spacial score (nSPS) is 28.6. The maximum atomic E-state index is 12.3. The number of aromatic nitrogens is 1. The standard InChI is InChI=1S/C14H21N5OS/c15-12-11(13(20)16-8-3-4-8)14(21-18-12)17-9-5-7-19-6-1-2-10(9)19/h8-10,17H,1-7H2,(H2,15,18)(H,16,20). The van der Waals surface area contributed by atoms with Crippen molar-refractivity contribution in [1.82, 2.24) is 14.6 Å². The number of carbonyl (C=O) groups is 1. The molecule has 1 aromatic rings. The monoisotopic (exact) mass is 307 g/mol. The van der Waals surface area contributed by atoms with E-state index in [1.165, 1.54) is 30.9 Å². The van der Waals surface area contributed by atoms with E-state index >= 15 is 0 Å². The molecule has 3 fully saturated rings. The van der Waals surface area contributed by atoms with Gasteiger partial charge in [0.25, 0.3) is 5.91 Å². The summed E-state index contributed by atoms with van der Waals surface area (Å²) in [6.45, 7) is 2.36. The maximum Gasteiger partial charge on any atom is 0.258 e. The zero-order valence-electron chi connectivity index (χ0n) is 12.0. The molecule has 2 unspecified atom stereocenters. The van der Waals surface area contributed by atoms with Gasteiger partial charge in [-0.2, -0.15) is 4.37 Å². The molecule has 1 aliphatic carbocycles. The van der Waals surface area contributed by atoms with E-state index < -0.39 is 0 Å². The Hall–Kier alpha value is -1.34. The van der Waals surface area contributed by atoms with Crippen molar-refractivity contribution in [3.8, 4) is 0 Å². The van der Waals surface area contributed by atoms with Crippen LogP contribution in [-0.2, 0) is 0 Å². The number of nitrogens with zero attached hydrogens (tertiary/aromatic N) is 2. The minimum absolute atomic E-state index is 0.0764. The summed E-state index contributed by atoms with van der Waals surface area (Å²) in [6, 6.07) is 1.36. The van der Waals surface area contributed by atoms with Gasteiger partial charge < -0.3 is 16.4 Å². The van der Waals surface area contributed by atoms with Crippen molar-refractivity contribution in [3.63, 3.8) is 0 Å². The van der Waals surface area contributed by atoms with Crippen LogP contribution in [0.25, 0.3) is 0 Å². The Morgan fingerprint density at radius 3 is 2.95 bits per heavy atom. The first kappa shape index (κ1) is 13.3. The van der Waals surface area contributed by atoms with E-state index in [2.05, 4.69) is 19.9 Å². The largest absolute Gasteiger partial charge is 0.382 e. The van der Waals surface area contributed by atoms with Gasteiger partial charge in [-0.15, -0.1) is 0 Å². The van der Waals surface area contributed by atoms with Crippen LogP contribution in [0.4, 0.5) is 10.8 Å². The molecule has 0 bridgehead atoms. The Kier molecular flexibility index (Phi) is 3.26. The molecule has 4 N–H and O–H groups in total. The first-order valence-corrected chi connectivity index (χ1v) is 8.56. The lowest BCUT2D eigenvalue weighted by molar-refractivity contribution is 0.0953. The summed E-state index contributed by atoms with van der Waals surface area (Å²) in [7, 11) is 0. The highest BCUT2D eigenvalue weighted by Crippen LogP contribution is 2.34. The lowest BCUT2D eigenvalue weighted by Gasteiger charge is -2.21. The third-order valence-corrected chi connectivity index (χ3v) is 5.57. The van der Waals surface area contributed by atoms with E-state index in [1.807, 2.05) is 0 Å². The van der Waals surface area contributed by atoms with Gasteiger partial charge in [0.1, 0.15) is 10.6 Å². The summed E-state index contributed by atoms with van der Waals surface area (Å²) in [6.07, 6.45) is 5.81. The minimum atomic E-state index is -0.0764. The molecule has 3 aliphatic rings. The summed E-state index contributed by atoms with van der Waals surface area (Å²) in [5.74, 6) is 0.273. The number of hydrogen-bond donors (Lipinski definition) is 3. The number of nitrogen functional groups attached to an aromatic ring is 1. The Labute approximate surface area is 128 Å². The van der Waals surface area contributed by atoms with Crippen LogP contribution in [0.1, 0.15) is 42.5 Å². The Morgan fingerprint density at radius 2 is 2.14 bits per heavy atom. The molecule has 114 valence electrons. The number of nitrogens with two attached hydrogens (primary N) is 1. The molecule has 2 saturated heterocycles. The smallest absolute Gasteiger partial charge is 0.258 e. The van der Waals surface area contributed by atoms with Gasteiger partial charge in [0.05, 0.1) is 0 Å². The first-order chi connectivity index (χ1) is 10.2. The second kappa shape index (κ2) is 5.14. The first-order valence-electron chi connectivity index (χ1n) is 7.79. The Balaban J connectivity index is 1.51. The van der Waals surface area contributed by atoms with Gasteiger partial charge in [0, 0.05) is 24.7 Å². The Bertz CT molecular complexity index is 556. The molecule has 4 rings (SSSR count). The van der Waals surface area contributed by atoms with Crippen LogP contribution in [-0.4, -0.2) is 46.4 Å². The quantitative estimate of drug-likeness (QED) is 0.780. The van der Waals surface area contributed by atoms with Gasteiger partial charge in [0.2, 0.25) is 0 Å². The molecule has 1 aromatic heterocycles. The van der Waals surface area contributed by atoms with Crippen molar-refractivity contribution >= 4 is 28.3 Å². The van der Waals surface area contributed by atoms with Crippen LogP contribution in [0.2, 0.25) is 0 Å². The molecule has 2 aliphatic heterocycles. The summed E-state index contributed by atoms with van der Waals surface area (Å²) >= 11 is 1.31. The third kappa shape index (κ3) is 2.48. The molecule has 3 heterocycles. The zero-order valence-corrected chi connectivity index (χ0v) is 12.8. The predicted molar refractivity (Wildman–Crippen MR) is 83.6 cm³/mol. The lowest BCUT2D eigenvalue weighted by atomic mass is 10.1. The van der Waals surface area contributed by atoms with E-state index in [0.29, 0.717) is 29.5 Å². The summed E-state index contributed by atoms with van der Waals surface area (Å²) in [5.41, 5.74) is 6.45. The molecule has 21 heavy (non-hydrogen) atoms. The van der Waals surface area contributed by atoms with Crippen molar-refractivity contribution in [2.24, 2.45) is 0 Å². The number of amides is 1. The average Bonchev–Trinajstić information content (AvgIpc) is 2.87. The Morgan fingerprint density at radius 1 is 1.29 bits per heavy atom. The summed E-state index contributed by atoms with van der Waals surface area (Å²) in [4.78, 5) is 14.9. The number of anilines is 2. The highest BCUT2D eigenvalue weighted by molar-refractivity contribution is 7.11. The predicted octanol–water partition coefficient (Wildman–Crippen LogP) is 1.27. The van der Waals surface area contributed by atoms with Crippen LogP contribution in [0, 0.1) is 0 Å². The lowest BCUT2D eigenvalue weighted by Crippen LogP contribution is -2.34. The van der Waals surface area contributed by atoms with E-state index in [1.54, 1.807) is 0 Å². The van der Waals surface area contributed by atoms with E-state index in [9.17, 15) is 4.79 Å². The van der Waals surface area contributed by atoms with Crippen LogP contribution in [0.15, 0.2) is 0 Å². The molecular formula is C14H21N5OS. The summed E-state index contributed by atoms with van der Waals surface area (Å²) in [5, 5.41) is 7.39. The van der Waals surface area contributed by atoms with Crippen molar-refractivity contribution < 1.29 is 4.79 Å². The molecular weight excluding hydrogens is 286 g/mol. The minimum Gasteiger partial charge on any atom is -0.382 e. The van der Waals surface area contributed by atoms with Crippen molar-refractivity contribution in [1.29, 1.82) is 0 Å². The van der Waals surface area contributed by atoms with Crippen molar-refractivity contribution in [2.45, 2.75) is 50.2 Å². The topological polar surface area (TPSA) is 83.3 Å². The van der Waals surface area contributed by atoms with Crippen molar-refractivity contribution in [2.75, 3.05) is 24.1 Å². The fourth-order valence-electron chi connectivity index (χ4n) is 3.52. The number of fused-ring (bicyclic) bond motifs is 1. The second-order valence-corrected chi connectivity index (χ2v) is 7.08. The molecule has 1 saturated carbocycles. The van der Waals surface area contributed by atoms with Crippen LogP contribution < -0.4 is 16.4 Å². The van der Waals surface area contributed by atoms with Gasteiger partial charge in [-0.3, -0.25) is 9.69 Å². The van der Waals surface area contributed by atoms with Crippen LogP contribution in [0.5, 0.6) is 0 Å². The molecule has 1 amide bonds. The van der Waals surface area contributed by atoms with Gasteiger partial charge in [-0.25, -0.2) is 0 Å². The van der Waals surface area contributed by atoms with E-state index in [0.717, 1.165) is 30.8 Å². The fourth-order valence-corrected chi connectivity index (χ4v) is 4.30. The molecule has 0 radical (unpaired) electrons. The van der Waals surface area contributed by atoms with Crippen LogP contribution >= 0.6 is 11.5 Å². The molecule has 2 atom stereocenters. The van der Waals surface area contributed by atoms with E-state index in [-0.39, 0.29) is 5.91 Å². The number of rotatable bonds is 4. The highest BCUT2D eigenvalue weighted by Gasteiger charge is 2.38. The molecule has 0 spiro atoms. The fraction of sp³-hybridized carbons (Fsp3) is 0.714. The molecule has 0 aromatic carbocycles. The molecule has 7 heteroatoms. The summed E-state index contributed by atoms with van der Waals surface area (Å²) < 4.78 is 4.18. The van der Waals surface area contributed by atoms with Gasteiger partial charge in [-0.1, -0.05) is 0 Å². The number of nitrogens with one attached hydrogen (secondary N) is 2. The zero-order chi connectivity index (χ0) is 14.4. The van der Waals surface area contributed by atoms with Crippen molar-refractivity contribution in [3.05, 3.63) is 5.56 Å². The highest BCUT2D eigenvalue weighted by atomic mass is 32.1. The van der Waals surface area contributed by atoms with E-state index in [4.69, 9.17) is 5.73 Å². The van der Waals surface area contributed by atoms with Gasteiger partial charge >= 0.3 is 0 Å². The number of hydrogen-bond acceptors (Lipinski definition) is 6. The average molecular weight is 307 g/mol. The van der Waals surface area contributed by atoms with Gasteiger partial charge in [0.15, 0.2) is 5.82 Å². The maximum absolute atomic E-state index is 12.3. The second-order valence-electron chi connectivity index (χ2n) is 6.30. The van der Waals surface area contributed by atoms with Crippen LogP contribution in [0.3, 0.4) is 0 Å². The number of carbonyl (C=O) groups excluding carboxylic acids is 1. The van der Waals surface area contributed by atoms with Gasteiger partial charge in [-0.05, 0) is 50.2 Å². The molecule has 6 nitrogen and oxygen atoms in total. The SMILES string of the molecule is Nc1nsc(NC2CCN3CCCC23)c1C(=O)NC1CC1.